The van der Waals surface area contributed by atoms with Gasteiger partial charge in [0.2, 0.25) is 0 Å². The van der Waals surface area contributed by atoms with E-state index in [9.17, 15) is 4.39 Å². The molecule has 2 aromatic rings. The molecule has 2 rings (SSSR count). The third kappa shape index (κ3) is 2.68. The number of halogens is 1. The molecule has 0 amide bonds. The third-order valence-electron chi connectivity index (χ3n) is 2.96. The molecule has 2 N–H and O–H groups in total. The molecule has 0 fully saturated rings. The van der Waals surface area contributed by atoms with E-state index in [2.05, 4.69) is 5.32 Å². The number of rotatable bonds is 4. The molecule has 0 saturated heterocycles. The molecule has 2 nitrogen and oxygen atoms in total. The van der Waals surface area contributed by atoms with Gasteiger partial charge in [0.1, 0.15) is 0 Å². The van der Waals surface area contributed by atoms with Gasteiger partial charge in [-0.2, -0.15) is 0 Å². The monoisotopic (exact) mass is 245 g/mol. The first-order valence-electron chi connectivity index (χ1n) is 5.89. The number of aryl methyl sites for hydroxylation is 1. The Morgan fingerprint density at radius 1 is 1.11 bits per heavy atom. The zero-order valence-corrected chi connectivity index (χ0v) is 10.3. The minimum Gasteiger partial charge on any atom is -0.392 e. The molecule has 0 aromatic heterocycles. The summed E-state index contributed by atoms with van der Waals surface area (Å²) in [5.74, 6) is -0.367. The molecule has 0 heterocycles. The zero-order chi connectivity index (χ0) is 13.0. The molecule has 3 heteroatoms. The van der Waals surface area contributed by atoms with Crippen molar-refractivity contribution in [2.24, 2.45) is 0 Å². The Morgan fingerprint density at radius 3 is 2.50 bits per heavy atom. The molecule has 0 bridgehead atoms. The van der Waals surface area contributed by atoms with Crippen molar-refractivity contribution in [1.29, 1.82) is 0 Å². The highest BCUT2D eigenvalue weighted by Crippen LogP contribution is 2.22. The van der Waals surface area contributed by atoms with E-state index in [1.807, 2.05) is 36.4 Å². The Bertz CT molecular complexity index is 526. The predicted molar refractivity (Wildman–Crippen MR) is 70.8 cm³/mol. The maximum Gasteiger partial charge on any atom is 0.152 e. The first kappa shape index (κ1) is 12.6. The van der Waals surface area contributed by atoms with Crippen molar-refractivity contribution in [3.8, 4) is 0 Å². The Hall–Kier alpha value is -1.87. The van der Waals surface area contributed by atoms with Crippen molar-refractivity contribution in [3.63, 3.8) is 0 Å². The van der Waals surface area contributed by atoms with Crippen molar-refractivity contribution in [2.45, 2.75) is 20.1 Å². The first-order valence-corrected chi connectivity index (χ1v) is 5.89. The third-order valence-corrected chi connectivity index (χ3v) is 2.96. The lowest BCUT2D eigenvalue weighted by Gasteiger charge is -2.11. The van der Waals surface area contributed by atoms with Crippen LogP contribution in [0.2, 0.25) is 0 Å². The van der Waals surface area contributed by atoms with Crippen molar-refractivity contribution in [1.82, 2.24) is 0 Å². The van der Waals surface area contributed by atoms with Crippen LogP contribution in [0, 0.1) is 12.7 Å². The van der Waals surface area contributed by atoms with Gasteiger partial charge < -0.3 is 10.4 Å². The van der Waals surface area contributed by atoms with Gasteiger partial charge in [0.05, 0.1) is 12.3 Å². The lowest BCUT2D eigenvalue weighted by atomic mass is 10.1. The SMILES string of the molecule is Cc1ccc(NCc2ccccc2)c(F)c1CO. The molecule has 0 radical (unpaired) electrons. The van der Waals surface area contributed by atoms with E-state index in [1.165, 1.54) is 0 Å². The van der Waals surface area contributed by atoms with Crippen LogP contribution in [0.5, 0.6) is 0 Å². The highest BCUT2D eigenvalue weighted by atomic mass is 19.1. The van der Waals surface area contributed by atoms with E-state index in [1.54, 1.807) is 13.0 Å². The smallest absolute Gasteiger partial charge is 0.152 e. The zero-order valence-electron chi connectivity index (χ0n) is 10.3. The summed E-state index contributed by atoms with van der Waals surface area (Å²) < 4.78 is 14.0. The van der Waals surface area contributed by atoms with Gasteiger partial charge >= 0.3 is 0 Å². The second-order valence-corrected chi connectivity index (χ2v) is 4.22. The molecule has 0 aliphatic carbocycles. The van der Waals surface area contributed by atoms with Crippen LogP contribution in [0.1, 0.15) is 16.7 Å². The average Bonchev–Trinajstić information content (AvgIpc) is 2.40. The fraction of sp³-hybridized carbons (Fsp3) is 0.200. The van der Waals surface area contributed by atoms with Crippen LogP contribution in [0.3, 0.4) is 0 Å². The minimum atomic E-state index is -0.367. The molecule has 0 unspecified atom stereocenters. The van der Waals surface area contributed by atoms with Gasteiger partial charge in [0.25, 0.3) is 0 Å². The Labute approximate surface area is 106 Å². The minimum absolute atomic E-state index is 0.279. The highest BCUT2D eigenvalue weighted by Gasteiger charge is 2.09. The number of hydrogen-bond donors (Lipinski definition) is 2. The van der Waals surface area contributed by atoms with E-state index < -0.39 is 0 Å². The van der Waals surface area contributed by atoms with Gasteiger partial charge in [-0.1, -0.05) is 36.4 Å². The van der Waals surface area contributed by atoms with Crippen LogP contribution in [0.15, 0.2) is 42.5 Å². The molecule has 0 saturated carbocycles. The molecule has 0 spiro atoms. The fourth-order valence-electron chi connectivity index (χ4n) is 1.84. The van der Waals surface area contributed by atoms with E-state index in [0.29, 0.717) is 17.8 Å². The number of hydrogen-bond acceptors (Lipinski definition) is 2. The molecular weight excluding hydrogens is 229 g/mol. The summed E-state index contributed by atoms with van der Waals surface area (Å²) in [6, 6.07) is 13.3. The van der Waals surface area contributed by atoms with Crippen LogP contribution >= 0.6 is 0 Å². The second kappa shape index (κ2) is 5.65. The lowest BCUT2D eigenvalue weighted by molar-refractivity contribution is 0.275. The standard InChI is InChI=1S/C15H16FNO/c1-11-7-8-14(15(16)13(11)10-18)17-9-12-5-3-2-4-6-12/h2-8,17-18H,9-10H2,1H3. The van der Waals surface area contributed by atoms with E-state index in [4.69, 9.17) is 5.11 Å². The number of nitrogens with one attached hydrogen (secondary N) is 1. The predicted octanol–water partition coefficient (Wildman–Crippen LogP) is 3.24. The number of aliphatic hydroxyl groups is 1. The van der Waals surface area contributed by atoms with Gasteiger partial charge in [-0.25, -0.2) is 4.39 Å². The summed E-state index contributed by atoms with van der Waals surface area (Å²) in [4.78, 5) is 0. The molecule has 0 aliphatic heterocycles. The van der Waals surface area contributed by atoms with Crippen LogP contribution in [0.4, 0.5) is 10.1 Å². The maximum absolute atomic E-state index is 14.0. The molecule has 2 aromatic carbocycles. The van der Waals surface area contributed by atoms with Gasteiger partial charge in [-0.3, -0.25) is 0 Å². The normalized spacial score (nSPS) is 10.4. The van der Waals surface area contributed by atoms with Crippen LogP contribution in [-0.4, -0.2) is 5.11 Å². The molecular formula is C15H16FNO. The van der Waals surface area contributed by atoms with Crippen LogP contribution in [0.25, 0.3) is 0 Å². The summed E-state index contributed by atoms with van der Waals surface area (Å²) in [7, 11) is 0. The molecule has 0 aliphatic rings. The number of anilines is 1. The largest absolute Gasteiger partial charge is 0.392 e. The summed E-state index contributed by atoms with van der Waals surface area (Å²) >= 11 is 0. The van der Waals surface area contributed by atoms with Crippen LogP contribution in [-0.2, 0) is 13.2 Å². The summed E-state index contributed by atoms with van der Waals surface area (Å²) in [5, 5.41) is 12.2. The first-order chi connectivity index (χ1) is 8.72. The van der Waals surface area contributed by atoms with Gasteiger partial charge in [0.15, 0.2) is 5.82 Å². The van der Waals surface area contributed by atoms with Crippen molar-refractivity contribution >= 4 is 5.69 Å². The van der Waals surface area contributed by atoms with E-state index >= 15 is 0 Å². The molecule has 94 valence electrons. The van der Waals surface area contributed by atoms with Crippen molar-refractivity contribution < 1.29 is 9.50 Å². The highest BCUT2D eigenvalue weighted by molar-refractivity contribution is 5.50. The van der Waals surface area contributed by atoms with Gasteiger partial charge in [-0.05, 0) is 24.1 Å². The summed E-state index contributed by atoms with van der Waals surface area (Å²) in [6.07, 6.45) is 0. The van der Waals surface area contributed by atoms with Crippen molar-refractivity contribution in [2.75, 3.05) is 5.32 Å². The second-order valence-electron chi connectivity index (χ2n) is 4.22. The number of benzene rings is 2. The topological polar surface area (TPSA) is 32.3 Å². The maximum atomic E-state index is 14.0. The van der Waals surface area contributed by atoms with Gasteiger partial charge in [0, 0.05) is 12.1 Å². The number of aliphatic hydroxyl groups excluding tert-OH is 1. The van der Waals surface area contributed by atoms with Gasteiger partial charge in [-0.15, -0.1) is 0 Å². The summed E-state index contributed by atoms with van der Waals surface area (Å²) in [6.45, 7) is 2.07. The quantitative estimate of drug-likeness (QED) is 0.866. The average molecular weight is 245 g/mol. The van der Waals surface area contributed by atoms with E-state index in [0.717, 1.165) is 11.1 Å². The lowest BCUT2D eigenvalue weighted by Crippen LogP contribution is -2.04. The Kier molecular flexibility index (Phi) is 3.95. The fourth-order valence-corrected chi connectivity index (χ4v) is 1.84. The Morgan fingerprint density at radius 2 is 1.83 bits per heavy atom. The molecule has 18 heavy (non-hydrogen) atoms. The molecule has 0 atom stereocenters. The van der Waals surface area contributed by atoms with Crippen molar-refractivity contribution in [3.05, 3.63) is 65.0 Å². The summed E-state index contributed by atoms with van der Waals surface area (Å²) in [5.41, 5.74) is 2.63. The van der Waals surface area contributed by atoms with Crippen LogP contribution < -0.4 is 5.32 Å². The van der Waals surface area contributed by atoms with E-state index in [-0.39, 0.29) is 12.4 Å². The Balaban J connectivity index is 2.15.